The zero-order valence-corrected chi connectivity index (χ0v) is 19.7. The second-order valence-electron chi connectivity index (χ2n) is 8.78. The van der Waals surface area contributed by atoms with Crippen molar-refractivity contribution in [1.82, 2.24) is 15.0 Å². The molecule has 4 rings (SSSR count). The molecule has 1 aromatic carbocycles. The van der Waals surface area contributed by atoms with Crippen LogP contribution in [0.4, 0.5) is 16.0 Å². The van der Waals surface area contributed by atoms with Crippen LogP contribution >= 0.6 is 11.3 Å². The van der Waals surface area contributed by atoms with Crippen molar-refractivity contribution in [3.8, 4) is 10.4 Å². The van der Waals surface area contributed by atoms with Gasteiger partial charge in [0.1, 0.15) is 10.6 Å². The average molecular weight is 471 g/mol. The van der Waals surface area contributed by atoms with Gasteiger partial charge in [-0.3, -0.25) is 4.79 Å². The van der Waals surface area contributed by atoms with Crippen molar-refractivity contribution in [2.75, 3.05) is 11.9 Å². The highest BCUT2D eigenvalue weighted by molar-refractivity contribution is 7.15. The molecule has 9 heteroatoms. The molecule has 1 fully saturated rings. The van der Waals surface area contributed by atoms with Gasteiger partial charge in [-0.05, 0) is 69.7 Å². The number of aliphatic hydroxyl groups is 1. The zero-order chi connectivity index (χ0) is 23.6. The van der Waals surface area contributed by atoms with Gasteiger partial charge < -0.3 is 15.2 Å². The number of rotatable bonds is 6. The van der Waals surface area contributed by atoms with E-state index < -0.39 is 16.8 Å². The normalized spacial score (nSPS) is 22.7. The van der Waals surface area contributed by atoms with Gasteiger partial charge in [0.25, 0.3) is 0 Å². The Balaban J connectivity index is 1.52. The number of nitrogens with zero attached hydrogens (tertiary/aromatic N) is 3. The number of esters is 1. The van der Waals surface area contributed by atoms with E-state index in [9.17, 15) is 14.3 Å². The maximum atomic E-state index is 13.1. The lowest BCUT2D eigenvalue weighted by atomic mass is 9.70. The van der Waals surface area contributed by atoms with Crippen LogP contribution in [0.2, 0.25) is 0 Å². The van der Waals surface area contributed by atoms with E-state index in [-0.39, 0.29) is 5.97 Å². The number of aromatic nitrogens is 3. The number of carbonyl (C=O) groups is 1. The molecule has 0 saturated heterocycles. The Bertz CT molecular complexity index is 1140. The van der Waals surface area contributed by atoms with Crippen molar-refractivity contribution in [2.45, 2.75) is 52.1 Å². The third-order valence-corrected chi connectivity index (χ3v) is 7.33. The number of halogens is 1. The lowest BCUT2D eigenvalue weighted by Crippen LogP contribution is -2.40. The summed E-state index contributed by atoms with van der Waals surface area (Å²) in [5.41, 5.74) is 1.12. The lowest BCUT2D eigenvalue weighted by molar-refractivity contribution is -0.160. The molecule has 2 N–H and O–H groups in total. The van der Waals surface area contributed by atoms with Crippen LogP contribution in [0, 0.1) is 18.2 Å². The molecule has 0 amide bonds. The molecular formula is C24H27FN4O3S. The number of ether oxygens (including phenoxy) is 1. The number of hydrogen-bond acceptors (Lipinski definition) is 8. The Morgan fingerprint density at radius 3 is 2.52 bits per heavy atom. The molecule has 0 aliphatic heterocycles. The molecule has 3 aromatic rings. The van der Waals surface area contributed by atoms with Crippen molar-refractivity contribution in [3.05, 3.63) is 53.2 Å². The summed E-state index contributed by atoms with van der Waals surface area (Å²) < 4.78 is 18.3. The van der Waals surface area contributed by atoms with Crippen LogP contribution in [0.1, 0.15) is 50.1 Å². The van der Waals surface area contributed by atoms with E-state index in [1.54, 1.807) is 13.1 Å². The van der Waals surface area contributed by atoms with Gasteiger partial charge in [0.2, 0.25) is 5.95 Å². The molecule has 1 saturated carbocycles. The summed E-state index contributed by atoms with van der Waals surface area (Å²) in [6.45, 7) is 6.04. The number of anilines is 2. The first kappa shape index (κ1) is 23.3. The second kappa shape index (κ2) is 9.15. The molecule has 0 bridgehead atoms. The molecule has 1 aliphatic carbocycles. The van der Waals surface area contributed by atoms with Gasteiger partial charge in [-0.25, -0.2) is 19.3 Å². The number of thiazole rings is 1. The standard InChI is InChI=1S/C24H27FN4O3S/c1-4-32-21(30)23(3)5-7-24(31,8-6-23)20-26-14-19(33-20)16-9-15(2)10-18(11-16)29-22-27-12-17(25)13-28-22/h9-14,31H,4-8H2,1-3H3,(H,27,28,29). The minimum absolute atomic E-state index is 0.197. The molecule has 0 unspecified atom stereocenters. The molecule has 33 heavy (non-hydrogen) atoms. The van der Waals surface area contributed by atoms with Gasteiger partial charge >= 0.3 is 5.97 Å². The van der Waals surface area contributed by atoms with Crippen LogP contribution in [-0.4, -0.2) is 32.6 Å². The Morgan fingerprint density at radius 2 is 1.85 bits per heavy atom. The van der Waals surface area contributed by atoms with Crippen molar-refractivity contribution in [1.29, 1.82) is 0 Å². The average Bonchev–Trinajstić information content (AvgIpc) is 3.29. The van der Waals surface area contributed by atoms with E-state index in [0.717, 1.165) is 34.1 Å². The summed E-state index contributed by atoms with van der Waals surface area (Å²) in [5, 5.41) is 15.1. The zero-order valence-electron chi connectivity index (χ0n) is 18.9. The number of carbonyl (C=O) groups excluding carboxylic acids is 1. The summed E-state index contributed by atoms with van der Waals surface area (Å²) in [6, 6.07) is 5.93. The third kappa shape index (κ3) is 5.04. The number of nitrogens with one attached hydrogen (secondary N) is 1. The first-order chi connectivity index (χ1) is 15.7. The Hall–Kier alpha value is -2.91. The molecule has 174 valence electrons. The van der Waals surface area contributed by atoms with Crippen molar-refractivity contribution in [2.24, 2.45) is 5.41 Å². The van der Waals surface area contributed by atoms with Gasteiger partial charge in [-0.15, -0.1) is 11.3 Å². The predicted molar refractivity (Wildman–Crippen MR) is 125 cm³/mol. The van der Waals surface area contributed by atoms with Crippen molar-refractivity contribution < 1.29 is 19.0 Å². The number of aryl methyl sites for hydroxylation is 1. The molecule has 2 aromatic heterocycles. The minimum Gasteiger partial charge on any atom is -0.466 e. The highest BCUT2D eigenvalue weighted by atomic mass is 32.1. The summed E-state index contributed by atoms with van der Waals surface area (Å²) in [4.78, 5) is 25.7. The summed E-state index contributed by atoms with van der Waals surface area (Å²) in [7, 11) is 0. The Kier molecular flexibility index (Phi) is 6.45. The highest BCUT2D eigenvalue weighted by Gasteiger charge is 2.46. The number of benzene rings is 1. The van der Waals surface area contributed by atoms with Gasteiger partial charge in [-0.1, -0.05) is 6.07 Å². The fourth-order valence-electron chi connectivity index (χ4n) is 4.06. The van der Waals surface area contributed by atoms with E-state index in [0.29, 0.717) is 43.2 Å². The minimum atomic E-state index is -1.05. The summed E-state index contributed by atoms with van der Waals surface area (Å²) >= 11 is 1.45. The lowest BCUT2D eigenvalue weighted by Gasteiger charge is -2.39. The summed E-state index contributed by atoms with van der Waals surface area (Å²) in [6.07, 6.45) is 6.00. The Morgan fingerprint density at radius 1 is 1.15 bits per heavy atom. The first-order valence-electron chi connectivity index (χ1n) is 10.9. The van der Waals surface area contributed by atoms with Crippen molar-refractivity contribution >= 4 is 28.9 Å². The molecule has 0 radical (unpaired) electrons. The van der Waals surface area contributed by atoms with E-state index in [2.05, 4.69) is 20.3 Å². The van der Waals surface area contributed by atoms with E-state index >= 15 is 0 Å². The molecular weight excluding hydrogens is 443 g/mol. The smallest absolute Gasteiger partial charge is 0.311 e. The van der Waals surface area contributed by atoms with Gasteiger partial charge in [-0.2, -0.15) is 0 Å². The molecule has 0 atom stereocenters. The Labute approximate surface area is 196 Å². The monoisotopic (exact) mass is 470 g/mol. The highest BCUT2D eigenvalue weighted by Crippen LogP contribution is 2.47. The van der Waals surface area contributed by atoms with Crippen LogP contribution in [-0.2, 0) is 15.1 Å². The predicted octanol–water partition coefficient (Wildman–Crippen LogP) is 5.12. The number of hydrogen-bond donors (Lipinski definition) is 2. The SMILES string of the molecule is CCOC(=O)C1(C)CCC(O)(c2ncc(-c3cc(C)cc(Nc4ncc(F)cn4)c3)s2)CC1. The molecule has 7 nitrogen and oxygen atoms in total. The van der Waals surface area contributed by atoms with Crippen LogP contribution in [0.25, 0.3) is 10.4 Å². The van der Waals surface area contributed by atoms with Crippen LogP contribution < -0.4 is 5.32 Å². The third-order valence-electron chi connectivity index (χ3n) is 6.09. The fourth-order valence-corrected chi connectivity index (χ4v) is 5.11. The van der Waals surface area contributed by atoms with Crippen LogP contribution in [0.5, 0.6) is 0 Å². The molecule has 2 heterocycles. The van der Waals surface area contributed by atoms with E-state index in [1.165, 1.54) is 11.3 Å². The van der Waals surface area contributed by atoms with Crippen molar-refractivity contribution in [3.63, 3.8) is 0 Å². The van der Waals surface area contributed by atoms with Gasteiger partial charge in [0.15, 0.2) is 5.82 Å². The van der Waals surface area contributed by atoms with E-state index in [1.807, 2.05) is 32.0 Å². The quantitative estimate of drug-likeness (QED) is 0.483. The second-order valence-corrected chi connectivity index (χ2v) is 9.81. The summed E-state index contributed by atoms with van der Waals surface area (Å²) in [5.74, 6) is -0.387. The van der Waals surface area contributed by atoms with E-state index in [4.69, 9.17) is 4.74 Å². The first-order valence-corrected chi connectivity index (χ1v) is 11.7. The van der Waals surface area contributed by atoms with Gasteiger partial charge in [0, 0.05) is 11.9 Å². The topological polar surface area (TPSA) is 97.2 Å². The van der Waals surface area contributed by atoms with Crippen LogP contribution in [0.3, 0.4) is 0 Å². The van der Waals surface area contributed by atoms with Gasteiger partial charge in [0.05, 0.1) is 29.3 Å². The van der Waals surface area contributed by atoms with Crippen LogP contribution in [0.15, 0.2) is 36.8 Å². The largest absolute Gasteiger partial charge is 0.466 e. The molecule has 1 aliphatic rings. The maximum absolute atomic E-state index is 13.1. The fraction of sp³-hybridized carbons (Fsp3) is 0.417. The maximum Gasteiger partial charge on any atom is 0.311 e. The molecule has 0 spiro atoms.